The Morgan fingerprint density at radius 1 is 1.12 bits per heavy atom. The number of alkyl carbamates (subject to hydrolysis) is 1. The van der Waals surface area contributed by atoms with E-state index >= 15 is 0 Å². The van der Waals surface area contributed by atoms with Crippen molar-refractivity contribution in [1.29, 1.82) is 0 Å². The van der Waals surface area contributed by atoms with Gasteiger partial charge in [-0.1, -0.05) is 48.5 Å². The number of carboxylic acid groups (broad SMARTS) is 1. The van der Waals surface area contributed by atoms with Gasteiger partial charge in [0.05, 0.1) is 6.04 Å². The Morgan fingerprint density at radius 3 is 2.38 bits per heavy atom. The number of amides is 2. The van der Waals surface area contributed by atoms with Crippen molar-refractivity contribution in [2.45, 2.75) is 43.9 Å². The summed E-state index contributed by atoms with van der Waals surface area (Å²) < 4.78 is 10.7. The van der Waals surface area contributed by atoms with E-state index in [1.54, 1.807) is 6.92 Å². The van der Waals surface area contributed by atoms with E-state index in [9.17, 15) is 19.5 Å². The number of benzene rings is 2. The molecule has 2 aliphatic rings. The number of carboxylic acids is 1. The van der Waals surface area contributed by atoms with E-state index in [0.29, 0.717) is 6.42 Å². The maximum Gasteiger partial charge on any atom is 0.407 e. The Kier molecular flexibility index (Phi) is 7.14. The first kappa shape index (κ1) is 23.3. The normalized spacial score (nSPS) is 19.2. The highest BCUT2D eigenvalue weighted by Gasteiger charge is 2.37. The van der Waals surface area contributed by atoms with Gasteiger partial charge in [0.1, 0.15) is 12.6 Å². The van der Waals surface area contributed by atoms with Crippen molar-refractivity contribution in [2.75, 3.05) is 13.2 Å². The Morgan fingerprint density at radius 2 is 1.76 bits per heavy atom. The van der Waals surface area contributed by atoms with Crippen LogP contribution >= 0.6 is 0 Å². The first-order chi connectivity index (χ1) is 16.5. The second-order valence-electron chi connectivity index (χ2n) is 8.19. The van der Waals surface area contributed by atoms with Crippen molar-refractivity contribution in [1.82, 2.24) is 10.6 Å². The number of nitrogens with one attached hydrogen (secondary N) is 2. The average Bonchev–Trinajstić information content (AvgIpc) is 3.43. The first-order valence-electron chi connectivity index (χ1n) is 11.2. The molecule has 0 saturated carbocycles. The third-order valence-electron chi connectivity index (χ3n) is 6.10. The minimum absolute atomic E-state index is 0.0673. The number of hydrogen-bond acceptors (Lipinski definition) is 5. The maximum absolute atomic E-state index is 12.8. The van der Waals surface area contributed by atoms with Crippen LogP contribution in [0.3, 0.4) is 0 Å². The Balaban J connectivity index is 1.40. The molecule has 34 heavy (non-hydrogen) atoms. The van der Waals surface area contributed by atoms with Crippen molar-refractivity contribution >= 4 is 18.0 Å². The van der Waals surface area contributed by atoms with E-state index in [2.05, 4.69) is 34.6 Å². The standard InChI is InChI=1S/C26H26N2O6/c1-2-3-12-22(24(29)27-21-13-14-33-23(21)25(30)31)28-26(32)34-15-20-18-10-6-4-8-16(18)17-9-5-7-11-19(17)20/h4-11,20-23H,12-15H2,1H3,(H,27,29)(H,28,32)(H,30,31)/t21-,22?,23+/m1/s1. The Hall–Kier alpha value is -3.83. The fourth-order valence-corrected chi connectivity index (χ4v) is 4.46. The quantitative estimate of drug-likeness (QED) is 0.545. The third kappa shape index (κ3) is 4.90. The number of carbonyl (C=O) groups is 3. The van der Waals surface area contributed by atoms with E-state index < -0.39 is 36.2 Å². The van der Waals surface area contributed by atoms with Gasteiger partial charge in [-0.25, -0.2) is 9.59 Å². The molecule has 3 N–H and O–H groups in total. The molecular formula is C26H26N2O6. The largest absolute Gasteiger partial charge is 0.479 e. The molecule has 0 radical (unpaired) electrons. The number of hydrogen-bond donors (Lipinski definition) is 3. The summed E-state index contributed by atoms with van der Waals surface area (Å²) in [5, 5.41) is 14.5. The molecule has 8 nitrogen and oxygen atoms in total. The zero-order valence-electron chi connectivity index (χ0n) is 18.7. The average molecular weight is 463 g/mol. The number of rotatable bonds is 7. The Labute approximate surface area is 197 Å². The molecule has 1 fully saturated rings. The topological polar surface area (TPSA) is 114 Å². The molecule has 1 aliphatic carbocycles. The minimum Gasteiger partial charge on any atom is -0.479 e. The molecule has 1 unspecified atom stereocenters. The summed E-state index contributed by atoms with van der Waals surface area (Å²) in [7, 11) is 0. The molecule has 4 rings (SSSR count). The smallest absolute Gasteiger partial charge is 0.407 e. The lowest BCUT2D eigenvalue weighted by atomic mass is 9.98. The molecule has 8 heteroatoms. The SMILES string of the molecule is CC#CCC(NC(=O)OCC1c2ccccc2-c2ccccc21)C(=O)N[C@@H]1CCO[C@@H]1C(=O)O. The van der Waals surface area contributed by atoms with Crippen LogP contribution in [0.15, 0.2) is 48.5 Å². The van der Waals surface area contributed by atoms with Crippen molar-refractivity contribution in [3.05, 3.63) is 59.7 Å². The van der Waals surface area contributed by atoms with Gasteiger partial charge < -0.3 is 25.2 Å². The van der Waals surface area contributed by atoms with Crippen molar-refractivity contribution in [2.24, 2.45) is 0 Å². The molecule has 2 amide bonds. The van der Waals surface area contributed by atoms with Gasteiger partial charge in [-0.2, -0.15) is 0 Å². The summed E-state index contributed by atoms with van der Waals surface area (Å²) in [4.78, 5) is 36.7. The van der Waals surface area contributed by atoms with E-state index in [4.69, 9.17) is 9.47 Å². The van der Waals surface area contributed by atoms with Crippen LogP contribution in [0, 0.1) is 11.8 Å². The van der Waals surface area contributed by atoms with Crippen LogP contribution in [0.5, 0.6) is 0 Å². The van der Waals surface area contributed by atoms with Crippen molar-refractivity contribution in [3.8, 4) is 23.0 Å². The molecule has 1 aliphatic heterocycles. The minimum atomic E-state index is -1.14. The summed E-state index contributed by atoms with van der Waals surface area (Å²) in [5.41, 5.74) is 4.41. The second kappa shape index (κ2) is 10.4. The van der Waals surface area contributed by atoms with E-state index in [1.807, 2.05) is 36.4 Å². The van der Waals surface area contributed by atoms with Gasteiger partial charge in [0.2, 0.25) is 5.91 Å². The lowest BCUT2D eigenvalue weighted by Crippen LogP contribution is -2.52. The number of aliphatic carboxylic acids is 1. The van der Waals surface area contributed by atoms with Gasteiger partial charge in [0, 0.05) is 18.9 Å². The van der Waals surface area contributed by atoms with Crippen LogP contribution in [0.4, 0.5) is 4.79 Å². The predicted molar refractivity (Wildman–Crippen MR) is 124 cm³/mol. The molecule has 3 atom stereocenters. The molecule has 1 saturated heterocycles. The van der Waals surface area contributed by atoms with Crippen molar-refractivity contribution in [3.63, 3.8) is 0 Å². The molecule has 176 valence electrons. The fraction of sp³-hybridized carbons (Fsp3) is 0.346. The van der Waals surface area contributed by atoms with Gasteiger partial charge >= 0.3 is 12.1 Å². The van der Waals surface area contributed by atoms with E-state index in [-0.39, 0.29) is 25.6 Å². The highest BCUT2D eigenvalue weighted by Crippen LogP contribution is 2.44. The van der Waals surface area contributed by atoms with E-state index in [0.717, 1.165) is 22.3 Å². The van der Waals surface area contributed by atoms with Gasteiger partial charge in [-0.15, -0.1) is 11.8 Å². The number of fused-ring (bicyclic) bond motifs is 3. The highest BCUT2D eigenvalue weighted by atomic mass is 16.5. The summed E-state index contributed by atoms with van der Waals surface area (Å²) in [5.74, 6) is 3.72. The van der Waals surface area contributed by atoms with Crippen LogP contribution < -0.4 is 10.6 Å². The van der Waals surface area contributed by atoms with Gasteiger partial charge in [0.15, 0.2) is 6.10 Å². The van der Waals surface area contributed by atoms with Crippen LogP contribution in [0.25, 0.3) is 11.1 Å². The van der Waals surface area contributed by atoms with Gasteiger partial charge in [-0.3, -0.25) is 4.79 Å². The highest BCUT2D eigenvalue weighted by molar-refractivity contribution is 5.87. The van der Waals surface area contributed by atoms with Gasteiger partial charge in [-0.05, 0) is 35.6 Å². The monoisotopic (exact) mass is 462 g/mol. The van der Waals surface area contributed by atoms with Crippen LogP contribution in [0.1, 0.15) is 36.8 Å². The molecule has 0 aromatic heterocycles. The van der Waals surface area contributed by atoms with Crippen LogP contribution in [0.2, 0.25) is 0 Å². The van der Waals surface area contributed by atoms with Gasteiger partial charge in [0.25, 0.3) is 0 Å². The summed E-state index contributed by atoms with van der Waals surface area (Å²) in [6.45, 7) is 1.99. The summed E-state index contributed by atoms with van der Waals surface area (Å²) >= 11 is 0. The van der Waals surface area contributed by atoms with Crippen LogP contribution in [-0.2, 0) is 19.1 Å². The molecule has 0 spiro atoms. The summed E-state index contributed by atoms with van der Waals surface area (Å²) in [6, 6.07) is 14.4. The molecule has 2 aromatic rings. The summed E-state index contributed by atoms with van der Waals surface area (Å²) in [6.07, 6.45) is -1.41. The Bertz CT molecular complexity index is 1110. The fourth-order valence-electron chi connectivity index (χ4n) is 4.46. The molecule has 1 heterocycles. The van der Waals surface area contributed by atoms with Crippen LogP contribution in [-0.4, -0.2) is 54.5 Å². The lowest BCUT2D eigenvalue weighted by Gasteiger charge is -2.21. The number of carbonyl (C=O) groups excluding carboxylic acids is 2. The third-order valence-corrected chi connectivity index (χ3v) is 6.10. The van der Waals surface area contributed by atoms with E-state index in [1.165, 1.54) is 0 Å². The zero-order chi connectivity index (χ0) is 24.1. The number of ether oxygens (including phenoxy) is 2. The molecule has 2 aromatic carbocycles. The zero-order valence-corrected chi connectivity index (χ0v) is 18.7. The maximum atomic E-state index is 12.8. The lowest BCUT2D eigenvalue weighted by molar-refractivity contribution is -0.148. The molecule has 0 bridgehead atoms. The second-order valence-corrected chi connectivity index (χ2v) is 8.19. The predicted octanol–water partition coefficient (Wildman–Crippen LogP) is 2.67. The molecular weight excluding hydrogens is 436 g/mol. The first-order valence-corrected chi connectivity index (χ1v) is 11.2. The van der Waals surface area contributed by atoms with Crippen molar-refractivity contribution < 1.29 is 29.0 Å².